The first-order valence-corrected chi connectivity index (χ1v) is 5.84. The molecule has 0 aliphatic carbocycles. The number of nitro groups is 1. The molecule has 1 aromatic heterocycles. The van der Waals surface area contributed by atoms with E-state index in [0.717, 1.165) is 6.20 Å². The second-order valence-electron chi connectivity index (χ2n) is 2.53. The van der Waals surface area contributed by atoms with Gasteiger partial charge in [-0.15, -0.1) is 0 Å². The number of rotatable bonds is 3. The molecule has 0 spiro atoms. The predicted molar refractivity (Wildman–Crippen MR) is 61.2 cm³/mol. The summed E-state index contributed by atoms with van der Waals surface area (Å²) in [4.78, 5) is 13.2. The van der Waals surface area contributed by atoms with Crippen LogP contribution in [0.3, 0.4) is 0 Å². The summed E-state index contributed by atoms with van der Waals surface area (Å²) < 4.78 is 25.2. The minimum absolute atomic E-state index is 0.107. The molecule has 15 heavy (non-hydrogen) atoms. The molecule has 4 nitrogen and oxygen atoms in total. The van der Waals surface area contributed by atoms with Gasteiger partial charge in [0, 0.05) is 16.5 Å². The van der Waals surface area contributed by atoms with Crippen molar-refractivity contribution < 1.29 is 13.7 Å². The van der Waals surface area contributed by atoms with Crippen LogP contribution in [0.15, 0.2) is 6.20 Å². The fourth-order valence-electron chi connectivity index (χ4n) is 0.996. The maximum atomic E-state index is 12.6. The van der Waals surface area contributed by atoms with E-state index in [4.69, 9.17) is 0 Å². The Morgan fingerprint density at radius 3 is 2.67 bits per heavy atom. The fraction of sp³-hybridized carbons (Fsp3) is 0.286. The molecule has 1 heterocycles. The second kappa shape index (κ2) is 5.10. The summed E-state index contributed by atoms with van der Waals surface area (Å²) >= 11 is 4.54. The lowest BCUT2D eigenvalue weighted by atomic mass is 10.1. The Bertz CT molecular complexity index is 403. The third kappa shape index (κ3) is 2.60. The van der Waals surface area contributed by atoms with Gasteiger partial charge in [-0.25, -0.2) is 8.78 Å². The van der Waals surface area contributed by atoms with Crippen LogP contribution in [0.2, 0.25) is 0 Å². The minimum atomic E-state index is -2.74. The van der Waals surface area contributed by atoms with Crippen molar-refractivity contribution in [3.8, 4) is 0 Å². The molecular weight excluding hydrogens is 389 g/mol. The monoisotopic (exact) mass is 392 g/mol. The normalized spacial score (nSPS) is 10.7. The van der Waals surface area contributed by atoms with E-state index in [0.29, 0.717) is 0 Å². The Hall–Kier alpha value is -0.380. The maximum absolute atomic E-state index is 12.6. The van der Waals surface area contributed by atoms with E-state index >= 15 is 0 Å². The van der Waals surface area contributed by atoms with E-state index in [2.05, 4.69) is 20.9 Å². The Labute approximate surface area is 105 Å². The average Bonchev–Trinajstić information content (AvgIpc) is 2.15. The highest BCUT2D eigenvalue weighted by Crippen LogP contribution is 2.33. The quantitative estimate of drug-likeness (QED) is 0.343. The molecule has 0 amide bonds. The molecule has 8 heteroatoms. The van der Waals surface area contributed by atoms with Gasteiger partial charge in [0.2, 0.25) is 0 Å². The van der Waals surface area contributed by atoms with Gasteiger partial charge in [0.05, 0.1) is 0 Å². The number of halogens is 4. The van der Waals surface area contributed by atoms with Crippen molar-refractivity contribution in [1.29, 1.82) is 0 Å². The number of aromatic nitrogens is 1. The topological polar surface area (TPSA) is 56.0 Å². The van der Waals surface area contributed by atoms with Gasteiger partial charge >= 0.3 is 5.82 Å². The van der Waals surface area contributed by atoms with Crippen LogP contribution in [0.25, 0.3) is 0 Å². The number of hydrogen-bond donors (Lipinski definition) is 0. The molecule has 0 radical (unpaired) electrons. The average molecular weight is 393 g/mol. The lowest BCUT2D eigenvalue weighted by molar-refractivity contribution is -0.390. The molecule has 0 unspecified atom stereocenters. The molecule has 0 fully saturated rings. The zero-order valence-corrected chi connectivity index (χ0v) is 10.8. The van der Waals surface area contributed by atoms with Crippen LogP contribution in [0, 0.1) is 13.7 Å². The lowest BCUT2D eigenvalue weighted by Crippen LogP contribution is -2.03. The van der Waals surface area contributed by atoms with Crippen LogP contribution in [0.5, 0.6) is 0 Å². The lowest BCUT2D eigenvalue weighted by Gasteiger charge is -2.06. The Balaban J connectivity index is 3.42. The molecule has 0 aliphatic heterocycles. The van der Waals surface area contributed by atoms with Gasteiger partial charge in [0.25, 0.3) is 6.43 Å². The standard InChI is InChI=1S/C7H4BrF2IN2O2/c8-1-3-2-12-7(13(14)15)5(11)4(3)6(9)10/h2,6H,1H2. The fourth-order valence-corrected chi connectivity index (χ4v) is 2.36. The SMILES string of the molecule is O=[N+]([O-])c1ncc(CBr)c(C(F)F)c1I. The third-order valence-electron chi connectivity index (χ3n) is 1.66. The van der Waals surface area contributed by atoms with Gasteiger partial charge in [0.15, 0.2) is 0 Å². The van der Waals surface area contributed by atoms with Crippen LogP contribution < -0.4 is 0 Å². The van der Waals surface area contributed by atoms with E-state index in [1.165, 1.54) is 22.6 Å². The van der Waals surface area contributed by atoms with E-state index in [9.17, 15) is 18.9 Å². The second-order valence-corrected chi connectivity index (χ2v) is 4.17. The molecule has 82 valence electrons. The third-order valence-corrected chi connectivity index (χ3v) is 3.32. The summed E-state index contributed by atoms with van der Waals surface area (Å²) in [5, 5.41) is 10.7. The molecule has 0 aromatic carbocycles. The smallest absolute Gasteiger partial charge is 0.358 e. The van der Waals surface area contributed by atoms with Gasteiger partial charge in [0.1, 0.15) is 9.77 Å². The van der Waals surface area contributed by atoms with Crippen LogP contribution in [-0.2, 0) is 5.33 Å². The van der Waals surface area contributed by atoms with Crippen molar-refractivity contribution in [2.45, 2.75) is 11.8 Å². The number of pyridine rings is 1. The minimum Gasteiger partial charge on any atom is -0.358 e. The van der Waals surface area contributed by atoms with Crippen LogP contribution in [0.1, 0.15) is 17.6 Å². The highest BCUT2D eigenvalue weighted by molar-refractivity contribution is 14.1. The molecule has 1 rings (SSSR count). The predicted octanol–water partition coefficient (Wildman–Crippen LogP) is 3.43. The number of hydrogen-bond acceptors (Lipinski definition) is 3. The van der Waals surface area contributed by atoms with Crippen molar-refractivity contribution in [3.05, 3.63) is 31.0 Å². The van der Waals surface area contributed by atoms with Crippen molar-refractivity contribution in [2.24, 2.45) is 0 Å². The summed E-state index contributed by atoms with van der Waals surface area (Å²) in [6.07, 6.45) is -1.65. The first-order valence-electron chi connectivity index (χ1n) is 3.64. The Morgan fingerprint density at radius 1 is 1.67 bits per heavy atom. The van der Waals surface area contributed by atoms with Gasteiger partial charge in [-0.3, -0.25) is 0 Å². The van der Waals surface area contributed by atoms with E-state index in [1.807, 2.05) is 0 Å². The molecular formula is C7H4BrF2IN2O2. The van der Waals surface area contributed by atoms with Gasteiger partial charge in [-0.05, 0) is 32.5 Å². The molecule has 0 aliphatic rings. The Kier molecular flexibility index (Phi) is 4.32. The molecule has 0 saturated heterocycles. The van der Waals surface area contributed by atoms with Crippen LogP contribution in [0.4, 0.5) is 14.6 Å². The zero-order chi connectivity index (χ0) is 11.6. The van der Waals surface area contributed by atoms with Crippen LogP contribution in [-0.4, -0.2) is 9.91 Å². The zero-order valence-electron chi connectivity index (χ0n) is 7.08. The van der Waals surface area contributed by atoms with E-state index in [1.54, 1.807) is 0 Å². The molecule has 0 N–H and O–H groups in total. The molecule has 0 bridgehead atoms. The van der Waals surface area contributed by atoms with E-state index in [-0.39, 0.29) is 20.0 Å². The number of alkyl halides is 3. The van der Waals surface area contributed by atoms with E-state index < -0.39 is 17.2 Å². The van der Waals surface area contributed by atoms with Crippen molar-refractivity contribution >= 4 is 44.3 Å². The van der Waals surface area contributed by atoms with Crippen molar-refractivity contribution in [2.75, 3.05) is 0 Å². The number of nitrogens with zero attached hydrogens (tertiary/aromatic N) is 2. The molecule has 0 atom stereocenters. The highest BCUT2D eigenvalue weighted by Gasteiger charge is 2.25. The summed E-state index contributed by atoms with van der Waals surface area (Å²) in [6, 6.07) is 0. The highest BCUT2D eigenvalue weighted by atomic mass is 127. The summed E-state index contributed by atoms with van der Waals surface area (Å²) in [7, 11) is 0. The summed E-state index contributed by atoms with van der Waals surface area (Å²) in [5.41, 5.74) is -0.0609. The molecule has 1 aromatic rings. The van der Waals surface area contributed by atoms with Gasteiger partial charge in [-0.1, -0.05) is 15.9 Å². The van der Waals surface area contributed by atoms with Crippen molar-refractivity contribution in [3.63, 3.8) is 0 Å². The van der Waals surface area contributed by atoms with Crippen LogP contribution >= 0.6 is 38.5 Å². The first-order chi connectivity index (χ1) is 6.99. The first kappa shape index (κ1) is 12.7. The van der Waals surface area contributed by atoms with Gasteiger partial charge < -0.3 is 10.1 Å². The van der Waals surface area contributed by atoms with Crippen molar-refractivity contribution in [1.82, 2.24) is 4.98 Å². The summed E-state index contributed by atoms with van der Waals surface area (Å²) in [5.74, 6) is -0.532. The van der Waals surface area contributed by atoms with Gasteiger partial charge in [-0.2, -0.15) is 0 Å². The molecule has 0 saturated carbocycles. The largest absolute Gasteiger partial charge is 0.377 e. The Morgan fingerprint density at radius 2 is 2.27 bits per heavy atom. The summed E-state index contributed by atoms with van der Waals surface area (Å²) in [6.45, 7) is 0. The maximum Gasteiger partial charge on any atom is 0.377 e.